The molecule has 1 aromatic carbocycles. The SMILES string of the molecule is CCCCC(CC)CN(CC(CC)CCCC)c1nc(-c2ccc(F)cc2)cs1. The summed E-state index contributed by atoms with van der Waals surface area (Å²) in [6, 6.07) is 6.68. The van der Waals surface area contributed by atoms with Crippen LogP contribution >= 0.6 is 11.3 Å². The highest BCUT2D eigenvalue weighted by Crippen LogP contribution is 2.30. The highest BCUT2D eigenvalue weighted by molar-refractivity contribution is 7.14. The van der Waals surface area contributed by atoms with Gasteiger partial charge in [0.05, 0.1) is 5.69 Å². The van der Waals surface area contributed by atoms with Crippen LogP contribution in [0, 0.1) is 17.7 Å². The zero-order chi connectivity index (χ0) is 21.1. The molecule has 2 rings (SSSR count). The number of aromatic nitrogens is 1. The average molecular weight is 419 g/mol. The van der Waals surface area contributed by atoms with Crippen LogP contribution in [-0.2, 0) is 0 Å². The minimum Gasteiger partial charge on any atom is -0.348 e. The number of rotatable bonds is 14. The molecule has 0 N–H and O–H groups in total. The summed E-state index contributed by atoms with van der Waals surface area (Å²) in [5.74, 6) is 1.24. The van der Waals surface area contributed by atoms with E-state index in [1.165, 1.54) is 63.5 Å². The van der Waals surface area contributed by atoms with Crippen molar-refractivity contribution in [3.63, 3.8) is 0 Å². The van der Waals surface area contributed by atoms with E-state index >= 15 is 0 Å². The molecule has 4 heteroatoms. The zero-order valence-electron chi connectivity index (χ0n) is 18.8. The molecule has 1 aromatic heterocycles. The van der Waals surface area contributed by atoms with E-state index in [9.17, 15) is 4.39 Å². The highest BCUT2D eigenvalue weighted by Gasteiger charge is 2.20. The number of unbranched alkanes of at least 4 members (excludes halogenated alkanes) is 2. The first-order chi connectivity index (χ1) is 14.1. The van der Waals surface area contributed by atoms with Crippen molar-refractivity contribution in [2.45, 2.75) is 79.1 Å². The van der Waals surface area contributed by atoms with E-state index in [0.29, 0.717) is 0 Å². The summed E-state index contributed by atoms with van der Waals surface area (Å²) < 4.78 is 13.3. The lowest BCUT2D eigenvalue weighted by molar-refractivity contribution is 0.403. The summed E-state index contributed by atoms with van der Waals surface area (Å²) in [4.78, 5) is 7.51. The largest absolute Gasteiger partial charge is 0.348 e. The molecule has 0 fully saturated rings. The van der Waals surface area contributed by atoms with Crippen LogP contribution in [0.4, 0.5) is 9.52 Å². The maximum Gasteiger partial charge on any atom is 0.185 e. The smallest absolute Gasteiger partial charge is 0.185 e. The fourth-order valence-electron chi connectivity index (χ4n) is 3.85. The van der Waals surface area contributed by atoms with Crippen LogP contribution in [0.5, 0.6) is 0 Å². The predicted octanol–water partition coefficient (Wildman–Crippen LogP) is 8.19. The third kappa shape index (κ3) is 7.73. The van der Waals surface area contributed by atoms with Gasteiger partial charge in [0.15, 0.2) is 5.13 Å². The van der Waals surface area contributed by atoms with Crippen molar-refractivity contribution in [3.8, 4) is 11.3 Å². The molecule has 0 aliphatic carbocycles. The lowest BCUT2D eigenvalue weighted by Crippen LogP contribution is -2.34. The molecule has 162 valence electrons. The van der Waals surface area contributed by atoms with Gasteiger partial charge in [-0.2, -0.15) is 0 Å². The fourth-order valence-corrected chi connectivity index (χ4v) is 4.71. The van der Waals surface area contributed by atoms with E-state index in [-0.39, 0.29) is 5.82 Å². The molecule has 2 nitrogen and oxygen atoms in total. The molecule has 0 aliphatic rings. The normalized spacial score (nSPS) is 13.4. The summed E-state index contributed by atoms with van der Waals surface area (Å²) >= 11 is 1.73. The first-order valence-corrected chi connectivity index (χ1v) is 12.4. The summed E-state index contributed by atoms with van der Waals surface area (Å²) in [6.07, 6.45) is 10.2. The van der Waals surface area contributed by atoms with Gasteiger partial charge in [-0.3, -0.25) is 0 Å². The maximum absolute atomic E-state index is 13.3. The lowest BCUT2D eigenvalue weighted by atomic mass is 9.96. The third-order valence-electron chi connectivity index (χ3n) is 5.95. The van der Waals surface area contributed by atoms with Crippen molar-refractivity contribution < 1.29 is 4.39 Å². The second-order valence-electron chi connectivity index (χ2n) is 8.26. The van der Waals surface area contributed by atoms with Gasteiger partial charge < -0.3 is 4.90 Å². The molecule has 0 aliphatic heterocycles. The van der Waals surface area contributed by atoms with E-state index in [1.807, 2.05) is 12.1 Å². The number of nitrogens with zero attached hydrogens (tertiary/aromatic N) is 2. The Hall–Kier alpha value is -1.42. The summed E-state index contributed by atoms with van der Waals surface area (Å²) in [5.41, 5.74) is 1.95. The molecule has 0 radical (unpaired) electrons. The van der Waals surface area contributed by atoms with Gasteiger partial charge in [0.1, 0.15) is 5.82 Å². The molecule has 0 saturated carbocycles. The van der Waals surface area contributed by atoms with Crippen LogP contribution < -0.4 is 4.90 Å². The summed E-state index contributed by atoms with van der Waals surface area (Å²) in [6.45, 7) is 11.4. The van der Waals surface area contributed by atoms with Crippen LogP contribution in [0.2, 0.25) is 0 Å². The highest BCUT2D eigenvalue weighted by atomic mass is 32.1. The Kier molecular flexibility index (Phi) is 10.7. The van der Waals surface area contributed by atoms with E-state index in [0.717, 1.165) is 41.3 Å². The second-order valence-corrected chi connectivity index (χ2v) is 9.10. The Morgan fingerprint density at radius 1 is 0.897 bits per heavy atom. The van der Waals surface area contributed by atoms with Gasteiger partial charge in [-0.15, -0.1) is 11.3 Å². The van der Waals surface area contributed by atoms with Crippen LogP contribution in [-0.4, -0.2) is 18.1 Å². The van der Waals surface area contributed by atoms with Gasteiger partial charge in [-0.05, 0) is 48.9 Å². The first-order valence-electron chi connectivity index (χ1n) is 11.6. The molecule has 2 atom stereocenters. The van der Waals surface area contributed by atoms with Gasteiger partial charge >= 0.3 is 0 Å². The minimum absolute atomic E-state index is 0.200. The van der Waals surface area contributed by atoms with Crippen molar-refractivity contribution in [2.75, 3.05) is 18.0 Å². The molecule has 2 aromatic rings. The van der Waals surface area contributed by atoms with Gasteiger partial charge in [0, 0.05) is 24.0 Å². The molecule has 0 amide bonds. The molecule has 0 bridgehead atoms. The van der Waals surface area contributed by atoms with Crippen molar-refractivity contribution in [2.24, 2.45) is 11.8 Å². The van der Waals surface area contributed by atoms with Crippen LogP contribution in [0.3, 0.4) is 0 Å². The van der Waals surface area contributed by atoms with Crippen molar-refractivity contribution in [1.29, 1.82) is 0 Å². The van der Waals surface area contributed by atoms with Crippen molar-refractivity contribution in [3.05, 3.63) is 35.5 Å². The molecule has 0 spiro atoms. The van der Waals surface area contributed by atoms with Crippen LogP contribution in [0.1, 0.15) is 79.1 Å². The number of anilines is 1. The molecule has 2 unspecified atom stereocenters. The molecular weight excluding hydrogens is 379 g/mol. The number of halogens is 1. The number of thiazole rings is 1. The second kappa shape index (κ2) is 13.0. The Morgan fingerprint density at radius 3 is 1.93 bits per heavy atom. The predicted molar refractivity (Wildman–Crippen MR) is 126 cm³/mol. The molecular formula is C25H39FN2S. The van der Waals surface area contributed by atoms with Gasteiger partial charge in [0.25, 0.3) is 0 Å². The Bertz CT molecular complexity index is 664. The Morgan fingerprint density at radius 2 is 1.45 bits per heavy atom. The number of benzene rings is 1. The van der Waals surface area contributed by atoms with E-state index < -0.39 is 0 Å². The minimum atomic E-state index is -0.200. The Balaban J connectivity index is 2.19. The maximum atomic E-state index is 13.3. The van der Waals surface area contributed by atoms with Gasteiger partial charge in [-0.25, -0.2) is 9.37 Å². The van der Waals surface area contributed by atoms with Crippen molar-refractivity contribution in [1.82, 2.24) is 4.98 Å². The lowest BCUT2D eigenvalue weighted by Gasteiger charge is -2.30. The van der Waals surface area contributed by atoms with Gasteiger partial charge in [0.2, 0.25) is 0 Å². The first kappa shape index (κ1) is 23.9. The Labute approximate surface area is 181 Å². The van der Waals surface area contributed by atoms with E-state index in [4.69, 9.17) is 4.98 Å². The van der Waals surface area contributed by atoms with Crippen molar-refractivity contribution >= 4 is 16.5 Å². The summed E-state index contributed by atoms with van der Waals surface area (Å²) in [5, 5.41) is 3.24. The monoisotopic (exact) mass is 418 g/mol. The quantitative estimate of drug-likeness (QED) is 0.307. The van der Waals surface area contributed by atoms with Gasteiger partial charge in [-0.1, -0.05) is 66.2 Å². The standard InChI is InChI=1S/C25H39FN2S/c1-5-9-11-20(7-3)17-28(18-21(8-4)12-10-6-2)25-27-24(19-29-25)22-13-15-23(26)16-14-22/h13-16,19-21H,5-12,17-18H2,1-4H3. The molecule has 1 heterocycles. The van der Waals surface area contributed by atoms with E-state index in [1.54, 1.807) is 11.3 Å². The fraction of sp³-hybridized carbons (Fsp3) is 0.640. The topological polar surface area (TPSA) is 16.1 Å². The van der Waals surface area contributed by atoms with E-state index in [2.05, 4.69) is 38.0 Å². The third-order valence-corrected chi connectivity index (χ3v) is 6.85. The molecule has 29 heavy (non-hydrogen) atoms. The average Bonchev–Trinajstić information content (AvgIpc) is 3.23. The van der Waals surface area contributed by atoms with Crippen LogP contribution in [0.15, 0.2) is 29.6 Å². The number of hydrogen-bond acceptors (Lipinski definition) is 3. The number of hydrogen-bond donors (Lipinski definition) is 0. The van der Waals surface area contributed by atoms with Crippen LogP contribution in [0.25, 0.3) is 11.3 Å². The summed E-state index contributed by atoms with van der Waals surface area (Å²) in [7, 11) is 0. The molecule has 0 saturated heterocycles. The zero-order valence-corrected chi connectivity index (χ0v) is 19.6.